The maximum Gasteiger partial charge on any atom is 0.255 e. The van der Waals surface area contributed by atoms with E-state index >= 15 is 0 Å². The second-order valence-electron chi connectivity index (χ2n) is 4.46. The number of anilines is 1. The fourth-order valence-corrected chi connectivity index (χ4v) is 2.85. The molecule has 7 heteroatoms. The van der Waals surface area contributed by atoms with E-state index < -0.39 is 11.7 Å². The molecule has 0 aliphatic heterocycles. The maximum atomic E-state index is 13.1. The third-order valence-corrected chi connectivity index (χ3v) is 4.07. The highest BCUT2D eigenvalue weighted by atomic mass is 32.1. The molecule has 5 nitrogen and oxygen atoms in total. The van der Waals surface area contributed by atoms with Crippen LogP contribution in [0.1, 0.15) is 38.9 Å². The molecule has 106 valence electrons. The Bertz CT molecular complexity index is 656. The Hall–Kier alpha value is -2.02. The lowest BCUT2D eigenvalue weighted by atomic mass is 10.2. The van der Waals surface area contributed by atoms with Crippen molar-refractivity contribution in [2.24, 2.45) is 0 Å². The minimum absolute atomic E-state index is 0.00769. The molecule has 0 aliphatic carbocycles. The van der Waals surface area contributed by atoms with Gasteiger partial charge in [0.15, 0.2) is 0 Å². The van der Waals surface area contributed by atoms with Gasteiger partial charge in [-0.3, -0.25) is 4.79 Å². The van der Waals surface area contributed by atoms with E-state index in [0.717, 1.165) is 27.8 Å². The van der Waals surface area contributed by atoms with Crippen LogP contribution in [0.2, 0.25) is 0 Å². The van der Waals surface area contributed by atoms with Gasteiger partial charge in [-0.25, -0.2) is 14.4 Å². The van der Waals surface area contributed by atoms with E-state index in [4.69, 9.17) is 5.73 Å². The summed E-state index contributed by atoms with van der Waals surface area (Å²) in [6.07, 6.45) is 0.978. The summed E-state index contributed by atoms with van der Waals surface area (Å²) in [6, 6.07) is 0.853. The van der Waals surface area contributed by atoms with Crippen molar-refractivity contribution in [3.05, 3.63) is 39.2 Å². The summed E-state index contributed by atoms with van der Waals surface area (Å²) in [6.45, 7) is 5.64. The van der Waals surface area contributed by atoms with Gasteiger partial charge in [0.25, 0.3) is 5.91 Å². The first-order valence-corrected chi connectivity index (χ1v) is 6.86. The first-order valence-electron chi connectivity index (χ1n) is 6.04. The molecule has 2 rings (SSSR count). The van der Waals surface area contributed by atoms with Crippen molar-refractivity contribution in [1.29, 1.82) is 0 Å². The average molecular weight is 294 g/mol. The number of nitrogens with one attached hydrogen (secondary N) is 1. The van der Waals surface area contributed by atoms with E-state index in [1.165, 1.54) is 11.3 Å². The zero-order valence-corrected chi connectivity index (χ0v) is 12.2. The lowest BCUT2D eigenvalue weighted by molar-refractivity contribution is 0.0940. The predicted octanol–water partition coefficient (Wildman–Crippen LogP) is 2.37. The number of thiazole rings is 1. The van der Waals surface area contributed by atoms with Crippen LogP contribution >= 0.6 is 11.3 Å². The van der Waals surface area contributed by atoms with Crippen LogP contribution in [0.4, 0.5) is 10.2 Å². The number of aromatic nitrogens is 2. The predicted molar refractivity (Wildman–Crippen MR) is 76.1 cm³/mol. The summed E-state index contributed by atoms with van der Waals surface area (Å²) in [7, 11) is 0. The normalized spacial score (nSPS) is 12.2. The number of amides is 1. The molecule has 0 bridgehead atoms. The topological polar surface area (TPSA) is 80.9 Å². The number of carbonyl (C=O) groups excluding carboxylic acids is 1. The summed E-state index contributed by atoms with van der Waals surface area (Å²) < 4.78 is 13.1. The number of nitrogens with two attached hydrogens (primary N) is 1. The van der Waals surface area contributed by atoms with Crippen LogP contribution < -0.4 is 11.1 Å². The van der Waals surface area contributed by atoms with Gasteiger partial charge in [-0.1, -0.05) is 0 Å². The van der Waals surface area contributed by atoms with E-state index in [9.17, 15) is 9.18 Å². The van der Waals surface area contributed by atoms with Crippen LogP contribution in [0.3, 0.4) is 0 Å². The molecule has 20 heavy (non-hydrogen) atoms. The van der Waals surface area contributed by atoms with Gasteiger partial charge in [0.2, 0.25) is 0 Å². The molecule has 0 spiro atoms. The third kappa shape index (κ3) is 2.93. The smallest absolute Gasteiger partial charge is 0.255 e. The van der Waals surface area contributed by atoms with Crippen LogP contribution in [0.15, 0.2) is 12.3 Å². The van der Waals surface area contributed by atoms with Crippen LogP contribution in [-0.2, 0) is 0 Å². The first-order chi connectivity index (χ1) is 9.38. The first kappa shape index (κ1) is 14.4. The van der Waals surface area contributed by atoms with Crippen molar-refractivity contribution in [1.82, 2.24) is 15.3 Å². The molecule has 2 heterocycles. The van der Waals surface area contributed by atoms with Gasteiger partial charge in [0.05, 0.1) is 28.5 Å². The van der Waals surface area contributed by atoms with Crippen molar-refractivity contribution >= 4 is 23.1 Å². The fraction of sp³-hybridized carbons (Fsp3) is 0.308. The molecule has 2 aromatic rings. The lowest BCUT2D eigenvalue weighted by Gasteiger charge is -2.13. The largest absolute Gasteiger partial charge is 0.383 e. The Morgan fingerprint density at radius 1 is 1.50 bits per heavy atom. The zero-order valence-electron chi connectivity index (χ0n) is 11.4. The van der Waals surface area contributed by atoms with Crippen molar-refractivity contribution < 1.29 is 9.18 Å². The quantitative estimate of drug-likeness (QED) is 0.910. The summed E-state index contributed by atoms with van der Waals surface area (Å²) in [5.74, 6) is -1.04. The second kappa shape index (κ2) is 5.54. The van der Waals surface area contributed by atoms with Gasteiger partial charge >= 0.3 is 0 Å². The monoisotopic (exact) mass is 294 g/mol. The molecule has 2 aromatic heterocycles. The highest BCUT2D eigenvalue weighted by Gasteiger charge is 2.18. The Labute approximate surface area is 120 Å². The molecule has 0 aliphatic rings. The van der Waals surface area contributed by atoms with E-state index in [-0.39, 0.29) is 17.4 Å². The minimum Gasteiger partial charge on any atom is -0.383 e. The van der Waals surface area contributed by atoms with Crippen molar-refractivity contribution in [2.75, 3.05) is 5.73 Å². The van der Waals surface area contributed by atoms with E-state index in [1.54, 1.807) is 0 Å². The molecule has 3 N–H and O–H groups in total. The molecule has 0 radical (unpaired) electrons. The number of hydrogen-bond donors (Lipinski definition) is 2. The van der Waals surface area contributed by atoms with Gasteiger partial charge in [-0.15, -0.1) is 11.3 Å². The Morgan fingerprint density at radius 3 is 2.80 bits per heavy atom. The minimum atomic E-state index is -0.596. The number of rotatable bonds is 3. The number of nitrogens with zero attached hydrogens (tertiary/aromatic N) is 2. The van der Waals surface area contributed by atoms with E-state index in [0.29, 0.717) is 0 Å². The Balaban J connectivity index is 2.19. The van der Waals surface area contributed by atoms with Crippen LogP contribution in [0.5, 0.6) is 0 Å². The molecule has 1 amide bonds. The number of halogens is 1. The van der Waals surface area contributed by atoms with Gasteiger partial charge < -0.3 is 11.1 Å². The maximum absolute atomic E-state index is 13.1. The number of aryl methyl sites for hydroxylation is 2. The highest BCUT2D eigenvalue weighted by molar-refractivity contribution is 7.11. The number of pyridine rings is 1. The summed E-state index contributed by atoms with van der Waals surface area (Å²) in [5.41, 5.74) is 6.51. The Morgan fingerprint density at radius 2 is 2.20 bits per heavy atom. The third-order valence-electron chi connectivity index (χ3n) is 2.81. The standard InChI is InChI=1S/C13H15FN4OS/c1-6-11(20-8(3)17-6)7(2)18-13(19)10-4-9(14)5-16-12(10)15/h4-5,7H,1-3H3,(H2,15,16)(H,18,19). The number of hydrogen-bond acceptors (Lipinski definition) is 5. The van der Waals surface area contributed by atoms with E-state index in [2.05, 4.69) is 15.3 Å². The summed E-state index contributed by atoms with van der Waals surface area (Å²) in [5, 5.41) is 3.72. The molecule has 0 saturated heterocycles. The van der Waals surface area contributed by atoms with Crippen LogP contribution in [0, 0.1) is 19.7 Å². The van der Waals surface area contributed by atoms with Gasteiger partial charge in [-0.05, 0) is 26.8 Å². The molecule has 0 fully saturated rings. The van der Waals surface area contributed by atoms with E-state index in [1.807, 2.05) is 20.8 Å². The van der Waals surface area contributed by atoms with Crippen molar-refractivity contribution in [3.63, 3.8) is 0 Å². The summed E-state index contributed by atoms with van der Waals surface area (Å²) >= 11 is 1.52. The fourth-order valence-electron chi connectivity index (χ4n) is 1.92. The summed E-state index contributed by atoms with van der Waals surface area (Å²) in [4.78, 5) is 21.0. The molecular formula is C13H15FN4OS. The molecule has 0 aromatic carbocycles. The molecule has 1 unspecified atom stereocenters. The van der Waals surface area contributed by atoms with Crippen LogP contribution in [0.25, 0.3) is 0 Å². The number of nitrogen functional groups attached to an aromatic ring is 1. The average Bonchev–Trinajstić information content (AvgIpc) is 2.71. The van der Waals surface area contributed by atoms with Gasteiger partial charge in [-0.2, -0.15) is 0 Å². The van der Waals surface area contributed by atoms with Gasteiger partial charge in [0.1, 0.15) is 11.6 Å². The zero-order chi connectivity index (χ0) is 14.9. The number of carbonyl (C=O) groups is 1. The molecule has 1 atom stereocenters. The van der Waals surface area contributed by atoms with Gasteiger partial charge in [0, 0.05) is 4.88 Å². The second-order valence-corrected chi connectivity index (χ2v) is 5.70. The molecule has 0 saturated carbocycles. The SMILES string of the molecule is Cc1nc(C)c(C(C)NC(=O)c2cc(F)cnc2N)s1. The van der Waals surface area contributed by atoms with Crippen molar-refractivity contribution in [3.8, 4) is 0 Å². The Kier molecular flexibility index (Phi) is 3.99. The highest BCUT2D eigenvalue weighted by Crippen LogP contribution is 2.25. The van der Waals surface area contributed by atoms with Crippen LogP contribution in [-0.4, -0.2) is 15.9 Å². The lowest BCUT2D eigenvalue weighted by Crippen LogP contribution is -2.27. The molecular weight excluding hydrogens is 279 g/mol. The van der Waals surface area contributed by atoms with Crippen molar-refractivity contribution in [2.45, 2.75) is 26.8 Å².